The summed E-state index contributed by atoms with van der Waals surface area (Å²) in [6, 6.07) is 12.9. The Morgan fingerprint density at radius 1 is 1.11 bits per heavy atom. The Morgan fingerprint density at radius 2 is 1.85 bits per heavy atom. The molecular weight excluding hydrogens is 368 g/mol. The van der Waals surface area contributed by atoms with Gasteiger partial charge >= 0.3 is 5.97 Å². The van der Waals surface area contributed by atoms with Crippen molar-refractivity contribution in [3.05, 3.63) is 64.7 Å². The number of aliphatic carboxylic acids is 1. The lowest BCUT2D eigenvalue weighted by atomic mass is 9.88. The molecule has 0 saturated carbocycles. The molecule has 0 radical (unpaired) electrons. The summed E-state index contributed by atoms with van der Waals surface area (Å²) in [6.07, 6.45) is 0.0540. The molecule has 4 rings (SSSR count). The summed E-state index contributed by atoms with van der Waals surface area (Å²) < 4.78 is 0. The van der Waals surface area contributed by atoms with Gasteiger partial charge in [0, 0.05) is 28.3 Å². The maximum Gasteiger partial charge on any atom is 0.326 e. The van der Waals surface area contributed by atoms with Gasteiger partial charge in [0.25, 0.3) is 5.91 Å². The molecule has 27 heavy (non-hydrogen) atoms. The first-order valence-corrected chi connectivity index (χ1v) is 8.77. The van der Waals surface area contributed by atoms with Crippen molar-refractivity contribution in [1.82, 2.24) is 0 Å². The van der Waals surface area contributed by atoms with Crippen LogP contribution in [0.15, 0.2) is 54.1 Å². The largest absolute Gasteiger partial charge is 0.480 e. The summed E-state index contributed by atoms with van der Waals surface area (Å²) in [4.78, 5) is 38.3. The third-order valence-electron chi connectivity index (χ3n) is 4.76. The molecule has 2 aliphatic heterocycles. The van der Waals surface area contributed by atoms with Gasteiger partial charge < -0.3 is 10.4 Å². The van der Waals surface area contributed by atoms with Crippen LogP contribution in [0.25, 0.3) is 5.57 Å². The molecule has 7 heteroatoms. The maximum atomic E-state index is 13.0. The van der Waals surface area contributed by atoms with Gasteiger partial charge in [-0.05, 0) is 29.8 Å². The minimum atomic E-state index is -1.03. The number of fused-ring (bicyclic) bond motifs is 1. The summed E-state index contributed by atoms with van der Waals surface area (Å²) in [5, 5.41) is 12.8. The number of para-hydroxylation sites is 1. The van der Waals surface area contributed by atoms with E-state index < -0.39 is 17.9 Å². The molecule has 6 nitrogen and oxygen atoms in total. The smallest absolute Gasteiger partial charge is 0.326 e. The molecule has 0 aliphatic carbocycles. The minimum absolute atomic E-state index is 0.0581. The number of hydrogen-bond donors (Lipinski definition) is 2. The Bertz CT molecular complexity index is 1000. The average molecular weight is 383 g/mol. The normalized spacial score (nSPS) is 21.8. The van der Waals surface area contributed by atoms with Gasteiger partial charge in [-0.2, -0.15) is 0 Å². The zero-order chi connectivity index (χ0) is 19.1. The fraction of sp³-hybridized carbons (Fsp3) is 0.150. The highest BCUT2D eigenvalue weighted by molar-refractivity contribution is 6.32. The Labute approximate surface area is 160 Å². The van der Waals surface area contributed by atoms with Crippen molar-refractivity contribution in [3.8, 4) is 0 Å². The van der Waals surface area contributed by atoms with Crippen LogP contribution in [-0.4, -0.2) is 28.9 Å². The van der Waals surface area contributed by atoms with Crippen molar-refractivity contribution in [1.29, 1.82) is 0 Å². The number of hydrogen-bond acceptors (Lipinski definition) is 4. The van der Waals surface area contributed by atoms with E-state index in [2.05, 4.69) is 5.32 Å². The van der Waals surface area contributed by atoms with Gasteiger partial charge in [-0.1, -0.05) is 35.9 Å². The fourth-order valence-corrected chi connectivity index (χ4v) is 3.69. The van der Waals surface area contributed by atoms with Crippen LogP contribution in [0.2, 0.25) is 5.02 Å². The SMILES string of the molecule is O=C(O)C1C/C(=C2/CC(=O)N(c3ccccc3)C2=O)c2ccc(Cl)cc2N1. The second-order valence-electron chi connectivity index (χ2n) is 6.43. The van der Waals surface area contributed by atoms with E-state index in [-0.39, 0.29) is 18.7 Å². The number of rotatable bonds is 2. The van der Waals surface area contributed by atoms with E-state index in [4.69, 9.17) is 11.6 Å². The molecule has 0 spiro atoms. The fourth-order valence-electron chi connectivity index (χ4n) is 3.51. The Kier molecular flexibility index (Phi) is 4.20. The summed E-state index contributed by atoms with van der Waals surface area (Å²) in [5.41, 5.74) is 2.65. The van der Waals surface area contributed by atoms with Crippen LogP contribution >= 0.6 is 11.6 Å². The highest BCUT2D eigenvalue weighted by Gasteiger charge is 2.39. The number of carbonyl (C=O) groups excluding carboxylic acids is 2. The van der Waals surface area contributed by atoms with Crippen LogP contribution in [0.1, 0.15) is 18.4 Å². The lowest BCUT2D eigenvalue weighted by molar-refractivity contribution is -0.137. The number of halogens is 1. The number of carboxylic acids is 1. The van der Waals surface area contributed by atoms with Crippen LogP contribution in [0.5, 0.6) is 0 Å². The van der Waals surface area contributed by atoms with Crippen LogP contribution in [-0.2, 0) is 14.4 Å². The van der Waals surface area contributed by atoms with E-state index in [0.29, 0.717) is 33.1 Å². The molecule has 1 fully saturated rings. The minimum Gasteiger partial charge on any atom is -0.480 e. The highest BCUT2D eigenvalue weighted by Crippen LogP contribution is 2.40. The van der Waals surface area contributed by atoms with Crippen LogP contribution in [0.4, 0.5) is 11.4 Å². The van der Waals surface area contributed by atoms with E-state index in [1.54, 1.807) is 48.5 Å². The van der Waals surface area contributed by atoms with Crippen molar-refractivity contribution in [3.63, 3.8) is 0 Å². The standard InChI is InChI=1S/C20H15ClN2O4/c21-11-6-7-13-14(9-17(20(26)27)22-16(13)8-11)15-10-18(24)23(19(15)25)12-4-2-1-3-5-12/h1-8,17,22H,9-10H2,(H,26,27)/b15-14+. The summed E-state index contributed by atoms with van der Waals surface area (Å²) in [7, 11) is 0. The molecule has 136 valence electrons. The monoisotopic (exact) mass is 382 g/mol. The first-order valence-electron chi connectivity index (χ1n) is 8.39. The van der Waals surface area contributed by atoms with Crippen LogP contribution < -0.4 is 10.2 Å². The summed E-state index contributed by atoms with van der Waals surface area (Å²) in [6.45, 7) is 0. The lowest BCUT2D eigenvalue weighted by Crippen LogP contribution is -2.33. The number of amides is 2. The van der Waals surface area contributed by atoms with Gasteiger partial charge in [0.2, 0.25) is 5.91 Å². The predicted octanol–water partition coefficient (Wildman–Crippen LogP) is 3.33. The second-order valence-corrected chi connectivity index (χ2v) is 6.87. The molecule has 2 aromatic rings. The lowest BCUT2D eigenvalue weighted by Gasteiger charge is -2.27. The van der Waals surface area contributed by atoms with Gasteiger partial charge in [-0.15, -0.1) is 0 Å². The van der Waals surface area contributed by atoms with Crippen molar-refractivity contribution >= 4 is 46.3 Å². The van der Waals surface area contributed by atoms with Crippen LogP contribution in [0, 0.1) is 0 Å². The van der Waals surface area contributed by atoms with E-state index >= 15 is 0 Å². The Morgan fingerprint density at radius 3 is 2.56 bits per heavy atom. The number of anilines is 2. The molecular formula is C20H15ClN2O4. The number of imide groups is 1. The van der Waals surface area contributed by atoms with Crippen molar-refractivity contribution in [2.45, 2.75) is 18.9 Å². The van der Waals surface area contributed by atoms with Gasteiger partial charge in [-0.25, -0.2) is 9.69 Å². The molecule has 1 unspecified atom stereocenters. The second kappa shape index (κ2) is 6.55. The number of nitrogens with one attached hydrogen (secondary N) is 1. The van der Waals surface area contributed by atoms with Crippen molar-refractivity contribution in [2.75, 3.05) is 10.2 Å². The van der Waals surface area contributed by atoms with E-state index in [1.807, 2.05) is 0 Å². The third-order valence-corrected chi connectivity index (χ3v) is 5.00. The number of carboxylic acid groups (broad SMARTS) is 1. The zero-order valence-corrected chi connectivity index (χ0v) is 14.9. The Balaban J connectivity index is 1.83. The maximum absolute atomic E-state index is 13.0. The molecule has 2 heterocycles. The molecule has 2 aliphatic rings. The van der Waals surface area contributed by atoms with Crippen molar-refractivity contribution in [2.24, 2.45) is 0 Å². The van der Waals surface area contributed by atoms with Crippen molar-refractivity contribution < 1.29 is 19.5 Å². The summed E-state index contributed by atoms with van der Waals surface area (Å²) >= 11 is 6.03. The molecule has 2 amide bonds. The number of carbonyl (C=O) groups is 3. The van der Waals surface area contributed by atoms with Gasteiger partial charge in [0.1, 0.15) is 6.04 Å². The molecule has 2 aromatic carbocycles. The number of benzene rings is 2. The molecule has 0 aromatic heterocycles. The zero-order valence-electron chi connectivity index (χ0n) is 14.1. The molecule has 2 N–H and O–H groups in total. The topological polar surface area (TPSA) is 86.7 Å². The quantitative estimate of drug-likeness (QED) is 0.614. The van der Waals surface area contributed by atoms with Gasteiger partial charge in [-0.3, -0.25) is 9.59 Å². The van der Waals surface area contributed by atoms with Crippen LogP contribution in [0.3, 0.4) is 0 Å². The first kappa shape index (κ1) is 17.3. The average Bonchev–Trinajstić information content (AvgIpc) is 2.95. The third kappa shape index (κ3) is 2.98. The van der Waals surface area contributed by atoms with E-state index in [1.165, 1.54) is 0 Å². The van der Waals surface area contributed by atoms with Gasteiger partial charge in [0.05, 0.1) is 12.1 Å². The highest BCUT2D eigenvalue weighted by atomic mass is 35.5. The van der Waals surface area contributed by atoms with E-state index in [9.17, 15) is 19.5 Å². The predicted molar refractivity (Wildman–Crippen MR) is 102 cm³/mol. The summed E-state index contributed by atoms with van der Waals surface area (Å²) in [5.74, 6) is -1.77. The molecule has 0 bridgehead atoms. The molecule has 1 atom stereocenters. The number of nitrogens with zero attached hydrogens (tertiary/aromatic N) is 1. The molecule has 1 saturated heterocycles. The first-order chi connectivity index (χ1) is 13.0. The Hall–Kier alpha value is -3.12. The van der Waals surface area contributed by atoms with E-state index in [0.717, 1.165) is 4.90 Å². The van der Waals surface area contributed by atoms with Gasteiger partial charge in [0.15, 0.2) is 0 Å².